The van der Waals surface area contributed by atoms with Crippen molar-refractivity contribution in [3.63, 3.8) is 0 Å². The van der Waals surface area contributed by atoms with E-state index in [2.05, 4.69) is 13.8 Å². The van der Waals surface area contributed by atoms with Crippen LogP contribution < -0.4 is 4.74 Å². The molecule has 1 aromatic carbocycles. The van der Waals surface area contributed by atoms with Crippen molar-refractivity contribution in [1.29, 1.82) is 0 Å². The molecule has 0 bridgehead atoms. The van der Waals surface area contributed by atoms with Gasteiger partial charge >= 0.3 is 0 Å². The van der Waals surface area contributed by atoms with E-state index in [0.29, 0.717) is 17.6 Å². The summed E-state index contributed by atoms with van der Waals surface area (Å²) in [4.78, 5) is 22.0. The van der Waals surface area contributed by atoms with Crippen molar-refractivity contribution in [2.24, 2.45) is 11.8 Å². The van der Waals surface area contributed by atoms with Gasteiger partial charge in [0.15, 0.2) is 5.78 Å². The molecule has 2 unspecified atom stereocenters. The van der Waals surface area contributed by atoms with E-state index >= 15 is 0 Å². The number of hydrogen-bond donors (Lipinski definition) is 0. The minimum absolute atomic E-state index is 0.0725. The lowest BCUT2D eigenvalue weighted by atomic mass is 9.82. The molecule has 114 valence electrons. The standard InChI is InChI=1S/C16H21NO4/c1-10-6-11(2)8-14(7-10)21-16-5-4-13(17(19)20)9-15(16)12(3)18/h4-5,9-11,14H,6-8H2,1-3H3. The fourth-order valence-corrected chi connectivity index (χ4v) is 3.16. The number of ether oxygens (including phenoxy) is 1. The van der Waals surface area contributed by atoms with Crippen LogP contribution in [0, 0.1) is 22.0 Å². The summed E-state index contributed by atoms with van der Waals surface area (Å²) in [5.41, 5.74) is 0.202. The van der Waals surface area contributed by atoms with E-state index in [0.717, 1.165) is 12.8 Å². The number of carbonyl (C=O) groups excluding carboxylic acids is 1. The van der Waals surface area contributed by atoms with Gasteiger partial charge in [-0.2, -0.15) is 0 Å². The number of nitrogens with zero attached hydrogens (tertiary/aromatic N) is 1. The molecule has 1 aromatic rings. The van der Waals surface area contributed by atoms with Gasteiger partial charge in [0.25, 0.3) is 5.69 Å². The number of carbonyl (C=O) groups is 1. The monoisotopic (exact) mass is 291 g/mol. The Balaban J connectivity index is 2.23. The maximum atomic E-state index is 11.7. The molecule has 0 heterocycles. The zero-order chi connectivity index (χ0) is 15.6. The van der Waals surface area contributed by atoms with E-state index in [1.54, 1.807) is 6.07 Å². The molecule has 1 aliphatic carbocycles. The third kappa shape index (κ3) is 3.80. The summed E-state index contributed by atoms with van der Waals surface area (Å²) in [6.07, 6.45) is 3.18. The summed E-state index contributed by atoms with van der Waals surface area (Å²) in [5.74, 6) is 1.43. The van der Waals surface area contributed by atoms with Crippen molar-refractivity contribution in [3.8, 4) is 5.75 Å². The maximum Gasteiger partial charge on any atom is 0.270 e. The van der Waals surface area contributed by atoms with Crippen molar-refractivity contribution in [2.75, 3.05) is 0 Å². The number of benzene rings is 1. The summed E-state index contributed by atoms with van der Waals surface area (Å²) in [6.45, 7) is 5.81. The van der Waals surface area contributed by atoms with Crippen molar-refractivity contribution >= 4 is 11.5 Å². The Kier molecular flexibility index (Phi) is 4.60. The average molecular weight is 291 g/mol. The molecule has 1 saturated carbocycles. The molecule has 1 fully saturated rings. The number of ketones is 1. The highest BCUT2D eigenvalue weighted by Gasteiger charge is 2.26. The number of non-ortho nitro benzene ring substituents is 1. The van der Waals surface area contributed by atoms with Crippen LogP contribution >= 0.6 is 0 Å². The number of rotatable bonds is 4. The van der Waals surface area contributed by atoms with Crippen LogP contribution in [0.4, 0.5) is 5.69 Å². The molecule has 2 atom stereocenters. The molecule has 5 nitrogen and oxygen atoms in total. The molecular formula is C16H21NO4. The van der Waals surface area contributed by atoms with Crippen molar-refractivity contribution in [2.45, 2.75) is 46.1 Å². The Bertz CT molecular complexity index is 545. The quantitative estimate of drug-likeness (QED) is 0.477. The number of Topliss-reactive ketones (excluding diaryl/α,β-unsaturated/α-hetero) is 1. The van der Waals surface area contributed by atoms with E-state index in [4.69, 9.17) is 4.74 Å². The van der Waals surface area contributed by atoms with Gasteiger partial charge in [-0.25, -0.2) is 0 Å². The smallest absolute Gasteiger partial charge is 0.270 e. The first kappa shape index (κ1) is 15.5. The Morgan fingerprint density at radius 1 is 1.24 bits per heavy atom. The van der Waals surface area contributed by atoms with Gasteiger partial charge in [-0.15, -0.1) is 0 Å². The molecular weight excluding hydrogens is 270 g/mol. The summed E-state index contributed by atoms with van der Waals surface area (Å²) < 4.78 is 5.98. The van der Waals surface area contributed by atoms with Crippen LogP contribution in [-0.2, 0) is 0 Å². The van der Waals surface area contributed by atoms with Crippen LogP contribution in [0.25, 0.3) is 0 Å². The van der Waals surface area contributed by atoms with E-state index in [-0.39, 0.29) is 23.1 Å². The molecule has 1 aliphatic rings. The molecule has 0 radical (unpaired) electrons. The zero-order valence-electron chi connectivity index (χ0n) is 12.7. The highest BCUT2D eigenvalue weighted by Crippen LogP contribution is 2.33. The lowest BCUT2D eigenvalue weighted by Crippen LogP contribution is -2.29. The second kappa shape index (κ2) is 6.24. The van der Waals surface area contributed by atoms with Crippen LogP contribution in [0.5, 0.6) is 5.75 Å². The van der Waals surface area contributed by atoms with Gasteiger partial charge in [0.2, 0.25) is 0 Å². The molecule has 2 rings (SSSR count). The van der Waals surface area contributed by atoms with Gasteiger partial charge in [-0.3, -0.25) is 14.9 Å². The predicted molar refractivity (Wildman–Crippen MR) is 79.7 cm³/mol. The van der Waals surface area contributed by atoms with E-state index in [9.17, 15) is 14.9 Å². The topological polar surface area (TPSA) is 69.4 Å². The maximum absolute atomic E-state index is 11.7. The minimum atomic E-state index is -0.499. The number of nitro groups is 1. The molecule has 21 heavy (non-hydrogen) atoms. The third-order valence-corrected chi connectivity index (χ3v) is 3.98. The predicted octanol–water partition coefficient (Wildman–Crippen LogP) is 4.00. The molecule has 0 amide bonds. The van der Waals surface area contributed by atoms with Gasteiger partial charge < -0.3 is 4.74 Å². The fourth-order valence-electron chi connectivity index (χ4n) is 3.16. The Morgan fingerprint density at radius 3 is 2.38 bits per heavy atom. The third-order valence-electron chi connectivity index (χ3n) is 3.98. The van der Waals surface area contributed by atoms with E-state index in [1.807, 2.05) is 0 Å². The van der Waals surface area contributed by atoms with Crippen LogP contribution in [0.1, 0.15) is 50.4 Å². The van der Waals surface area contributed by atoms with Crippen molar-refractivity contribution < 1.29 is 14.5 Å². The lowest BCUT2D eigenvalue weighted by Gasteiger charge is -2.32. The molecule has 0 saturated heterocycles. The minimum Gasteiger partial charge on any atom is -0.490 e. The van der Waals surface area contributed by atoms with Crippen LogP contribution in [0.2, 0.25) is 0 Å². The molecule has 0 N–H and O–H groups in total. The average Bonchev–Trinajstić information content (AvgIpc) is 2.37. The first-order chi connectivity index (χ1) is 9.86. The van der Waals surface area contributed by atoms with Crippen molar-refractivity contribution in [1.82, 2.24) is 0 Å². The summed E-state index contributed by atoms with van der Waals surface area (Å²) in [7, 11) is 0. The summed E-state index contributed by atoms with van der Waals surface area (Å²) in [5, 5.41) is 10.8. The van der Waals surface area contributed by atoms with Gasteiger partial charge in [-0.05, 0) is 44.1 Å². The van der Waals surface area contributed by atoms with Gasteiger partial charge in [0.1, 0.15) is 5.75 Å². The van der Waals surface area contributed by atoms with E-state index in [1.165, 1.54) is 25.5 Å². The Morgan fingerprint density at radius 2 is 1.86 bits per heavy atom. The second-order valence-electron chi connectivity index (χ2n) is 6.15. The lowest BCUT2D eigenvalue weighted by molar-refractivity contribution is -0.384. The van der Waals surface area contributed by atoms with Crippen molar-refractivity contribution in [3.05, 3.63) is 33.9 Å². The largest absolute Gasteiger partial charge is 0.490 e. The van der Waals surface area contributed by atoms with Crippen LogP contribution in [0.15, 0.2) is 18.2 Å². The zero-order valence-corrected chi connectivity index (χ0v) is 12.7. The van der Waals surface area contributed by atoms with Crippen LogP contribution in [-0.4, -0.2) is 16.8 Å². The highest BCUT2D eigenvalue weighted by atomic mass is 16.6. The Hall–Kier alpha value is -1.91. The molecule has 5 heteroatoms. The number of nitro benzene ring substituents is 1. The fraction of sp³-hybridized carbons (Fsp3) is 0.562. The summed E-state index contributed by atoms with van der Waals surface area (Å²) in [6, 6.07) is 4.23. The van der Waals surface area contributed by atoms with E-state index < -0.39 is 4.92 Å². The SMILES string of the molecule is CC(=O)c1cc([N+](=O)[O-])ccc1OC1CC(C)CC(C)C1. The van der Waals surface area contributed by atoms with Crippen LogP contribution in [0.3, 0.4) is 0 Å². The first-order valence-corrected chi connectivity index (χ1v) is 7.32. The normalized spacial score (nSPS) is 25.4. The highest BCUT2D eigenvalue weighted by molar-refractivity contribution is 5.97. The first-order valence-electron chi connectivity index (χ1n) is 7.32. The van der Waals surface area contributed by atoms with Gasteiger partial charge in [-0.1, -0.05) is 13.8 Å². The van der Waals surface area contributed by atoms with Gasteiger partial charge in [0.05, 0.1) is 16.6 Å². The van der Waals surface area contributed by atoms with Gasteiger partial charge in [0, 0.05) is 12.1 Å². The molecule has 0 aromatic heterocycles. The molecule has 0 spiro atoms. The second-order valence-corrected chi connectivity index (χ2v) is 6.15. The molecule has 0 aliphatic heterocycles. The number of hydrogen-bond acceptors (Lipinski definition) is 4. The summed E-state index contributed by atoms with van der Waals surface area (Å²) >= 11 is 0. The Labute approximate surface area is 124 Å².